The fourth-order valence-corrected chi connectivity index (χ4v) is 4.17. The topological polar surface area (TPSA) is 38.8 Å². The van der Waals surface area contributed by atoms with Gasteiger partial charge in [0.25, 0.3) is 0 Å². The van der Waals surface area contributed by atoms with Crippen molar-refractivity contribution < 1.29 is 14.3 Å². The van der Waals surface area contributed by atoms with E-state index in [1.165, 1.54) is 5.56 Å². The second-order valence-electron chi connectivity index (χ2n) is 8.54. The largest absolute Gasteiger partial charge is 0.494 e. The van der Waals surface area contributed by atoms with Crippen LogP contribution in [0.5, 0.6) is 11.5 Å². The van der Waals surface area contributed by atoms with Crippen molar-refractivity contribution in [2.75, 3.05) is 26.8 Å². The van der Waals surface area contributed by atoms with E-state index in [0.717, 1.165) is 42.7 Å². The summed E-state index contributed by atoms with van der Waals surface area (Å²) in [5.41, 5.74) is 1.78. The number of hydrogen-bond acceptors (Lipinski definition) is 4. The molecule has 2 unspecified atom stereocenters. The zero-order valence-corrected chi connectivity index (χ0v) is 20.1. The lowest BCUT2D eigenvalue weighted by Crippen LogP contribution is -2.35. The van der Waals surface area contributed by atoms with Gasteiger partial charge in [-0.25, -0.2) is 0 Å². The van der Waals surface area contributed by atoms with Crippen molar-refractivity contribution in [3.8, 4) is 11.5 Å². The van der Waals surface area contributed by atoms with Gasteiger partial charge < -0.3 is 14.3 Å². The quantitative estimate of drug-likeness (QED) is 0.366. The first-order valence-corrected chi connectivity index (χ1v) is 11.5. The molecule has 0 amide bonds. The molecule has 4 heteroatoms. The molecule has 0 heterocycles. The number of aldehydes is 1. The van der Waals surface area contributed by atoms with Crippen molar-refractivity contribution in [1.82, 2.24) is 4.90 Å². The number of rotatable bonds is 13. The standard InChI is InChI=1S/C27H39NO3/c1-7-30-25-14-9-12-23(18-25)22(5)28(6)17-11-16-27(20-29,21(3)4)24-13-10-15-26(19-24)31-8-2/h9-10,12-15,18-22H,7-8,11,16-17H2,1-6H3. The first-order chi connectivity index (χ1) is 14.9. The summed E-state index contributed by atoms with van der Waals surface area (Å²) in [4.78, 5) is 14.7. The fourth-order valence-electron chi connectivity index (χ4n) is 4.17. The van der Waals surface area contributed by atoms with Crippen LogP contribution in [-0.2, 0) is 10.2 Å². The van der Waals surface area contributed by atoms with Gasteiger partial charge in [-0.3, -0.25) is 4.90 Å². The van der Waals surface area contributed by atoms with E-state index in [1.807, 2.05) is 44.2 Å². The highest BCUT2D eigenvalue weighted by atomic mass is 16.5. The predicted molar refractivity (Wildman–Crippen MR) is 128 cm³/mol. The van der Waals surface area contributed by atoms with E-state index in [0.29, 0.717) is 13.2 Å². The Kier molecular flexibility index (Phi) is 9.57. The first kappa shape index (κ1) is 24.9. The summed E-state index contributed by atoms with van der Waals surface area (Å²) in [6, 6.07) is 16.6. The van der Waals surface area contributed by atoms with Gasteiger partial charge in [0.15, 0.2) is 0 Å². The molecule has 0 aromatic heterocycles. The van der Waals surface area contributed by atoms with Gasteiger partial charge >= 0.3 is 0 Å². The van der Waals surface area contributed by atoms with Crippen LogP contribution >= 0.6 is 0 Å². The van der Waals surface area contributed by atoms with E-state index < -0.39 is 5.41 Å². The molecular weight excluding hydrogens is 386 g/mol. The number of carbonyl (C=O) groups is 1. The highest BCUT2D eigenvalue weighted by molar-refractivity contribution is 5.69. The molecule has 2 aromatic rings. The van der Waals surface area contributed by atoms with Crippen LogP contribution < -0.4 is 9.47 Å². The average Bonchev–Trinajstić information content (AvgIpc) is 2.77. The van der Waals surface area contributed by atoms with Crippen LogP contribution in [-0.4, -0.2) is 38.0 Å². The minimum Gasteiger partial charge on any atom is -0.494 e. The van der Waals surface area contributed by atoms with Crippen LogP contribution in [0.2, 0.25) is 0 Å². The van der Waals surface area contributed by atoms with Crippen LogP contribution in [0.1, 0.15) is 64.6 Å². The molecule has 0 fully saturated rings. The van der Waals surface area contributed by atoms with Gasteiger partial charge in [0, 0.05) is 6.04 Å². The maximum Gasteiger partial charge on any atom is 0.130 e. The molecule has 0 N–H and O–H groups in total. The summed E-state index contributed by atoms with van der Waals surface area (Å²) in [6.45, 7) is 12.6. The van der Waals surface area contributed by atoms with Crippen LogP contribution in [0.25, 0.3) is 0 Å². The molecule has 2 aromatic carbocycles. The zero-order valence-electron chi connectivity index (χ0n) is 20.1. The molecule has 0 spiro atoms. The highest BCUT2D eigenvalue weighted by Gasteiger charge is 2.35. The minimum atomic E-state index is -0.508. The van der Waals surface area contributed by atoms with E-state index in [1.54, 1.807) is 0 Å². The third kappa shape index (κ3) is 6.33. The van der Waals surface area contributed by atoms with E-state index >= 15 is 0 Å². The van der Waals surface area contributed by atoms with Crippen molar-refractivity contribution in [3.63, 3.8) is 0 Å². The fraction of sp³-hybridized carbons (Fsp3) is 0.519. The van der Waals surface area contributed by atoms with Crippen molar-refractivity contribution in [2.45, 2.75) is 58.9 Å². The van der Waals surface area contributed by atoms with Crippen molar-refractivity contribution in [3.05, 3.63) is 59.7 Å². The summed E-state index contributed by atoms with van der Waals surface area (Å²) in [5.74, 6) is 1.94. The zero-order chi connectivity index (χ0) is 22.9. The molecule has 0 radical (unpaired) electrons. The molecule has 2 atom stereocenters. The summed E-state index contributed by atoms with van der Waals surface area (Å²) in [6.07, 6.45) is 2.89. The average molecular weight is 426 g/mol. The highest BCUT2D eigenvalue weighted by Crippen LogP contribution is 2.37. The first-order valence-electron chi connectivity index (χ1n) is 11.5. The predicted octanol–water partition coefficient (Wildman–Crippen LogP) is 6.05. The van der Waals surface area contributed by atoms with Gasteiger partial charge in [-0.2, -0.15) is 0 Å². The summed E-state index contributed by atoms with van der Waals surface area (Å²) >= 11 is 0. The number of carbonyl (C=O) groups excluding carboxylic acids is 1. The lowest BCUT2D eigenvalue weighted by atomic mass is 9.69. The maximum absolute atomic E-state index is 12.4. The SMILES string of the molecule is CCOc1cccc(C(C)N(C)CCCC(C=O)(c2cccc(OCC)c2)C(C)C)c1. The Hall–Kier alpha value is -2.33. The Morgan fingerprint density at radius 1 is 0.968 bits per heavy atom. The monoisotopic (exact) mass is 425 g/mol. The van der Waals surface area contributed by atoms with Gasteiger partial charge in [0.1, 0.15) is 17.8 Å². The van der Waals surface area contributed by atoms with Gasteiger partial charge in [0.05, 0.1) is 18.6 Å². The van der Waals surface area contributed by atoms with E-state index in [9.17, 15) is 4.79 Å². The summed E-state index contributed by atoms with van der Waals surface area (Å²) in [5, 5.41) is 0. The lowest BCUT2D eigenvalue weighted by molar-refractivity contribution is -0.114. The van der Waals surface area contributed by atoms with Crippen molar-refractivity contribution in [2.24, 2.45) is 5.92 Å². The van der Waals surface area contributed by atoms with Gasteiger partial charge in [0.2, 0.25) is 0 Å². The van der Waals surface area contributed by atoms with E-state index in [4.69, 9.17) is 9.47 Å². The number of ether oxygens (including phenoxy) is 2. The molecule has 0 aliphatic heterocycles. The molecule has 0 aliphatic rings. The summed E-state index contributed by atoms with van der Waals surface area (Å²) < 4.78 is 11.3. The molecule has 0 saturated carbocycles. The molecule has 0 bridgehead atoms. The molecule has 0 saturated heterocycles. The number of hydrogen-bond donors (Lipinski definition) is 0. The van der Waals surface area contributed by atoms with E-state index in [2.05, 4.69) is 50.9 Å². The van der Waals surface area contributed by atoms with Crippen molar-refractivity contribution >= 4 is 6.29 Å². The van der Waals surface area contributed by atoms with Gasteiger partial charge in [-0.05, 0) is 88.5 Å². The molecular formula is C27H39NO3. The Morgan fingerprint density at radius 2 is 1.58 bits per heavy atom. The Bertz CT molecular complexity index is 820. The van der Waals surface area contributed by atoms with Gasteiger partial charge in [-0.15, -0.1) is 0 Å². The molecule has 0 aliphatic carbocycles. The Morgan fingerprint density at radius 3 is 2.16 bits per heavy atom. The van der Waals surface area contributed by atoms with Crippen LogP contribution in [0, 0.1) is 5.92 Å². The number of benzene rings is 2. The van der Waals surface area contributed by atoms with Crippen LogP contribution in [0.3, 0.4) is 0 Å². The smallest absolute Gasteiger partial charge is 0.130 e. The molecule has 170 valence electrons. The third-order valence-electron chi connectivity index (χ3n) is 6.34. The van der Waals surface area contributed by atoms with Gasteiger partial charge in [-0.1, -0.05) is 38.1 Å². The Labute approximate surface area is 188 Å². The normalized spacial score (nSPS) is 14.3. The minimum absolute atomic E-state index is 0.201. The second kappa shape index (κ2) is 11.9. The van der Waals surface area contributed by atoms with Crippen LogP contribution in [0.15, 0.2) is 48.5 Å². The number of nitrogens with zero attached hydrogens (tertiary/aromatic N) is 1. The Balaban J connectivity index is 2.09. The molecule has 4 nitrogen and oxygen atoms in total. The summed E-state index contributed by atoms with van der Waals surface area (Å²) in [7, 11) is 2.14. The molecule has 31 heavy (non-hydrogen) atoms. The molecule has 2 rings (SSSR count). The van der Waals surface area contributed by atoms with Crippen LogP contribution in [0.4, 0.5) is 0 Å². The third-order valence-corrected chi connectivity index (χ3v) is 6.34. The lowest BCUT2D eigenvalue weighted by Gasteiger charge is -2.34. The van der Waals surface area contributed by atoms with Crippen molar-refractivity contribution in [1.29, 1.82) is 0 Å². The van der Waals surface area contributed by atoms with E-state index in [-0.39, 0.29) is 12.0 Å². The second-order valence-corrected chi connectivity index (χ2v) is 8.54. The maximum atomic E-state index is 12.4.